The molecule has 146 valence electrons. The first-order valence-electron chi connectivity index (χ1n) is 9.90. The average Bonchev–Trinajstić information content (AvgIpc) is 2.80. The molecule has 0 aromatic heterocycles. The van der Waals surface area contributed by atoms with Crippen LogP contribution >= 0.6 is 0 Å². The molecule has 3 heteroatoms. The fourth-order valence-corrected chi connectivity index (χ4v) is 3.89. The quantitative estimate of drug-likeness (QED) is 0.437. The van der Waals surface area contributed by atoms with E-state index in [0.29, 0.717) is 0 Å². The molecule has 0 radical (unpaired) electrons. The highest BCUT2D eigenvalue weighted by Crippen LogP contribution is 2.31. The first-order chi connectivity index (χ1) is 14.3. The van der Waals surface area contributed by atoms with Crippen molar-refractivity contribution < 1.29 is 10.2 Å². The molecule has 0 aliphatic rings. The van der Waals surface area contributed by atoms with Crippen molar-refractivity contribution in [1.82, 2.24) is 5.32 Å². The number of aliphatic hydroxyl groups is 2. The predicted octanol–water partition coefficient (Wildman–Crippen LogP) is 4.61. The van der Waals surface area contributed by atoms with E-state index in [9.17, 15) is 10.2 Å². The van der Waals surface area contributed by atoms with E-state index in [-0.39, 0.29) is 12.6 Å². The van der Waals surface area contributed by atoms with E-state index in [1.165, 1.54) is 0 Å². The molecular weight excluding hydrogens is 358 g/mol. The predicted molar refractivity (Wildman–Crippen MR) is 118 cm³/mol. The molecule has 3 N–H and O–H groups in total. The van der Waals surface area contributed by atoms with Gasteiger partial charge in [0.2, 0.25) is 0 Å². The van der Waals surface area contributed by atoms with Crippen LogP contribution in [0.2, 0.25) is 0 Å². The van der Waals surface area contributed by atoms with Crippen LogP contribution in [0, 0.1) is 0 Å². The summed E-state index contributed by atoms with van der Waals surface area (Å²) in [6.45, 7) is -0.322. The molecule has 0 aliphatic heterocycles. The van der Waals surface area contributed by atoms with Crippen molar-refractivity contribution in [3.05, 3.63) is 120 Å². The Balaban J connectivity index is 1.80. The Morgan fingerprint density at radius 1 is 0.655 bits per heavy atom. The van der Waals surface area contributed by atoms with Crippen LogP contribution in [0.25, 0.3) is 10.8 Å². The smallest absolute Gasteiger partial charge is 0.0965 e. The summed E-state index contributed by atoms with van der Waals surface area (Å²) in [6, 6.07) is 34.0. The lowest BCUT2D eigenvalue weighted by molar-refractivity contribution is 0.0603. The summed E-state index contributed by atoms with van der Waals surface area (Å²) in [4.78, 5) is 0. The molecule has 2 atom stereocenters. The van der Waals surface area contributed by atoms with Gasteiger partial charge in [-0.05, 0) is 27.5 Å². The highest BCUT2D eigenvalue weighted by atomic mass is 16.3. The SMILES string of the molecule is OC[C@H](O)[C@H](NC(c1ccccc1)c1ccccc1)c1cccc2ccccc12. The lowest BCUT2D eigenvalue weighted by Crippen LogP contribution is -2.37. The molecule has 0 amide bonds. The van der Waals surface area contributed by atoms with Gasteiger partial charge in [-0.2, -0.15) is 0 Å². The van der Waals surface area contributed by atoms with Crippen LogP contribution in [-0.2, 0) is 0 Å². The van der Waals surface area contributed by atoms with Crippen LogP contribution < -0.4 is 5.32 Å². The maximum Gasteiger partial charge on any atom is 0.0965 e. The molecule has 29 heavy (non-hydrogen) atoms. The molecule has 0 saturated heterocycles. The van der Waals surface area contributed by atoms with Crippen LogP contribution in [0.4, 0.5) is 0 Å². The van der Waals surface area contributed by atoms with E-state index in [4.69, 9.17) is 0 Å². The zero-order valence-electron chi connectivity index (χ0n) is 16.1. The summed E-state index contributed by atoms with van der Waals surface area (Å²) < 4.78 is 0. The topological polar surface area (TPSA) is 52.5 Å². The molecule has 0 spiro atoms. The van der Waals surface area contributed by atoms with E-state index in [1.807, 2.05) is 60.7 Å². The third-order valence-electron chi connectivity index (χ3n) is 5.34. The van der Waals surface area contributed by atoms with E-state index in [0.717, 1.165) is 27.5 Å². The number of rotatable bonds is 7. The van der Waals surface area contributed by atoms with Crippen LogP contribution in [-0.4, -0.2) is 22.9 Å². The Labute approximate surface area is 171 Å². The lowest BCUT2D eigenvalue weighted by Gasteiger charge is -2.30. The third-order valence-corrected chi connectivity index (χ3v) is 5.34. The Morgan fingerprint density at radius 3 is 1.83 bits per heavy atom. The molecule has 3 nitrogen and oxygen atoms in total. The van der Waals surface area contributed by atoms with Crippen molar-refractivity contribution in [3.8, 4) is 0 Å². The van der Waals surface area contributed by atoms with Crippen molar-refractivity contribution >= 4 is 10.8 Å². The summed E-state index contributed by atoms with van der Waals surface area (Å²) in [5.41, 5.74) is 3.18. The van der Waals surface area contributed by atoms with Crippen molar-refractivity contribution in [1.29, 1.82) is 0 Å². The molecule has 0 unspecified atom stereocenters. The zero-order valence-corrected chi connectivity index (χ0v) is 16.1. The molecule has 0 heterocycles. The van der Waals surface area contributed by atoms with Gasteiger partial charge in [-0.25, -0.2) is 0 Å². The van der Waals surface area contributed by atoms with Crippen molar-refractivity contribution in [2.24, 2.45) is 0 Å². The lowest BCUT2D eigenvalue weighted by atomic mass is 9.92. The summed E-state index contributed by atoms with van der Waals surface area (Å²) in [6.07, 6.45) is -0.935. The molecule has 0 fully saturated rings. The third kappa shape index (κ3) is 4.22. The number of aliphatic hydroxyl groups excluding tert-OH is 2. The maximum absolute atomic E-state index is 10.8. The van der Waals surface area contributed by atoms with Crippen molar-refractivity contribution in [3.63, 3.8) is 0 Å². The summed E-state index contributed by atoms with van der Waals surface area (Å²) in [5.74, 6) is 0. The first-order valence-corrected chi connectivity index (χ1v) is 9.90. The number of benzene rings is 4. The maximum atomic E-state index is 10.8. The zero-order chi connectivity index (χ0) is 20.1. The van der Waals surface area contributed by atoms with Crippen molar-refractivity contribution in [2.45, 2.75) is 18.2 Å². The second-order valence-corrected chi connectivity index (χ2v) is 7.22. The minimum absolute atomic E-state index is 0.123. The van der Waals surface area contributed by atoms with Gasteiger partial charge in [-0.15, -0.1) is 0 Å². The van der Waals surface area contributed by atoms with Crippen LogP contribution in [0.1, 0.15) is 28.8 Å². The van der Waals surface area contributed by atoms with Gasteiger partial charge in [-0.3, -0.25) is 5.32 Å². The van der Waals surface area contributed by atoms with Gasteiger partial charge >= 0.3 is 0 Å². The molecule has 0 bridgehead atoms. The molecule has 4 rings (SSSR count). The van der Waals surface area contributed by atoms with E-state index in [1.54, 1.807) is 0 Å². The number of nitrogens with one attached hydrogen (secondary N) is 1. The second-order valence-electron chi connectivity index (χ2n) is 7.22. The van der Waals surface area contributed by atoms with E-state index in [2.05, 4.69) is 47.8 Å². The van der Waals surface area contributed by atoms with Crippen LogP contribution in [0.3, 0.4) is 0 Å². The van der Waals surface area contributed by atoms with Gasteiger partial charge < -0.3 is 10.2 Å². The van der Waals surface area contributed by atoms with Gasteiger partial charge in [0.15, 0.2) is 0 Å². The summed E-state index contributed by atoms with van der Waals surface area (Å²) >= 11 is 0. The molecule has 0 saturated carbocycles. The fourth-order valence-electron chi connectivity index (χ4n) is 3.89. The first kappa shape index (κ1) is 19.3. The van der Waals surface area contributed by atoms with Crippen molar-refractivity contribution in [2.75, 3.05) is 6.61 Å². The van der Waals surface area contributed by atoms with E-state index < -0.39 is 12.1 Å². The Morgan fingerprint density at radius 2 is 1.21 bits per heavy atom. The average molecular weight is 383 g/mol. The molecule has 4 aromatic rings. The standard InChI is InChI=1S/C26H25NO2/c28-18-24(29)26(23-17-9-15-19-10-7-8-16-22(19)23)27-25(20-11-3-1-4-12-20)21-13-5-2-6-14-21/h1-17,24-29H,18H2/t24-,26+/m0/s1. The highest BCUT2D eigenvalue weighted by molar-refractivity contribution is 5.86. The van der Waals surface area contributed by atoms with Gasteiger partial charge in [0.25, 0.3) is 0 Å². The molecule has 0 aliphatic carbocycles. The Bertz CT molecular complexity index is 1000. The number of hydrogen-bond acceptors (Lipinski definition) is 3. The molecule has 4 aromatic carbocycles. The van der Waals surface area contributed by atoms with Crippen LogP contribution in [0.15, 0.2) is 103 Å². The van der Waals surface area contributed by atoms with E-state index >= 15 is 0 Å². The van der Waals surface area contributed by atoms with Crippen LogP contribution in [0.5, 0.6) is 0 Å². The minimum Gasteiger partial charge on any atom is -0.394 e. The summed E-state index contributed by atoms with van der Waals surface area (Å²) in [5, 5.41) is 26.4. The number of hydrogen-bond donors (Lipinski definition) is 3. The van der Waals surface area contributed by atoms with Gasteiger partial charge in [0, 0.05) is 0 Å². The van der Waals surface area contributed by atoms with Gasteiger partial charge in [0.05, 0.1) is 24.8 Å². The number of fused-ring (bicyclic) bond motifs is 1. The monoisotopic (exact) mass is 383 g/mol. The molecular formula is C26H25NO2. The second kappa shape index (κ2) is 9.01. The summed E-state index contributed by atoms with van der Waals surface area (Å²) in [7, 11) is 0. The fraction of sp³-hybridized carbons (Fsp3) is 0.154. The largest absolute Gasteiger partial charge is 0.394 e. The van der Waals surface area contributed by atoms with Gasteiger partial charge in [0.1, 0.15) is 0 Å². The minimum atomic E-state index is -0.935. The Kier molecular flexibility index (Phi) is 6.01. The highest BCUT2D eigenvalue weighted by Gasteiger charge is 2.26. The Hall–Kier alpha value is -2.98. The van der Waals surface area contributed by atoms with Gasteiger partial charge in [-0.1, -0.05) is 103 Å². The normalized spacial score (nSPS) is 13.5.